The van der Waals surface area contributed by atoms with Crippen molar-refractivity contribution in [2.24, 2.45) is 0 Å². The molecular formula is C9H14O2. The van der Waals surface area contributed by atoms with Crippen LogP contribution < -0.4 is 0 Å². The van der Waals surface area contributed by atoms with Crippen molar-refractivity contribution in [1.29, 1.82) is 0 Å². The second-order valence-corrected chi connectivity index (χ2v) is 2.36. The number of allylic oxidation sites excluding steroid dienone is 3. The summed E-state index contributed by atoms with van der Waals surface area (Å²) < 4.78 is 4.67. The summed E-state index contributed by atoms with van der Waals surface area (Å²) in [6, 6.07) is 0. The summed E-state index contributed by atoms with van der Waals surface area (Å²) in [6.45, 7) is 6.15. The Bertz CT molecular complexity index is 174. The molecule has 0 saturated heterocycles. The van der Waals surface area contributed by atoms with Gasteiger partial charge in [0.1, 0.15) is 0 Å². The highest BCUT2D eigenvalue weighted by atomic mass is 16.5. The molecule has 0 N–H and O–H groups in total. The van der Waals surface area contributed by atoms with Gasteiger partial charge >= 0.3 is 5.97 Å². The van der Waals surface area contributed by atoms with Crippen LogP contribution in [0.25, 0.3) is 0 Å². The Morgan fingerprint density at radius 3 is 2.55 bits per heavy atom. The summed E-state index contributed by atoms with van der Waals surface area (Å²) in [5, 5.41) is 0. The molecule has 0 unspecified atom stereocenters. The Kier molecular flexibility index (Phi) is 5.17. The van der Waals surface area contributed by atoms with E-state index in [9.17, 15) is 4.79 Å². The maximum atomic E-state index is 10.7. The van der Waals surface area contributed by atoms with E-state index in [-0.39, 0.29) is 5.97 Å². The van der Waals surface area contributed by atoms with Gasteiger partial charge in [0, 0.05) is 6.08 Å². The van der Waals surface area contributed by atoms with E-state index < -0.39 is 0 Å². The fourth-order valence-electron chi connectivity index (χ4n) is 0.510. The zero-order valence-corrected chi connectivity index (χ0v) is 7.26. The zero-order valence-electron chi connectivity index (χ0n) is 7.26. The first-order chi connectivity index (χ1) is 5.16. The highest BCUT2D eigenvalue weighted by molar-refractivity contribution is 5.82. The average molecular weight is 154 g/mol. The lowest BCUT2D eigenvalue weighted by Crippen LogP contribution is -1.98. The zero-order chi connectivity index (χ0) is 8.69. The van der Waals surface area contributed by atoms with Crippen molar-refractivity contribution in [3.63, 3.8) is 0 Å². The lowest BCUT2D eigenvalue weighted by Gasteiger charge is -1.92. The van der Waals surface area contributed by atoms with Crippen LogP contribution in [0.2, 0.25) is 0 Å². The molecule has 0 heterocycles. The molecule has 2 heteroatoms. The molecule has 0 spiro atoms. The minimum absolute atomic E-state index is 0.287. The van der Waals surface area contributed by atoms with Gasteiger partial charge in [0.2, 0.25) is 0 Å². The molecular weight excluding hydrogens is 140 g/mol. The van der Waals surface area contributed by atoms with Crippen molar-refractivity contribution in [1.82, 2.24) is 0 Å². The Hall–Kier alpha value is -1.05. The fourth-order valence-corrected chi connectivity index (χ4v) is 0.510. The minimum atomic E-state index is -0.287. The summed E-state index contributed by atoms with van der Waals surface area (Å²) in [5.41, 5.74) is 1.16. The van der Waals surface area contributed by atoms with Crippen molar-refractivity contribution in [2.45, 2.75) is 20.8 Å². The molecule has 0 fully saturated rings. The summed E-state index contributed by atoms with van der Waals surface area (Å²) in [7, 11) is 0. The number of hydrogen-bond donors (Lipinski definition) is 0. The normalized spacial score (nSPS) is 9.73. The molecule has 0 radical (unpaired) electrons. The predicted octanol–water partition coefficient (Wildman–Crippen LogP) is 2.07. The topological polar surface area (TPSA) is 26.3 Å². The molecule has 0 atom stereocenters. The van der Waals surface area contributed by atoms with E-state index in [1.807, 2.05) is 19.9 Å². The molecule has 0 bridgehead atoms. The molecule has 11 heavy (non-hydrogen) atoms. The average Bonchev–Trinajstić information content (AvgIpc) is 1.87. The molecule has 0 aromatic carbocycles. The van der Waals surface area contributed by atoms with E-state index in [0.717, 1.165) is 5.57 Å². The Morgan fingerprint density at radius 2 is 2.09 bits per heavy atom. The largest absolute Gasteiger partial charge is 0.463 e. The Morgan fingerprint density at radius 1 is 1.45 bits per heavy atom. The van der Waals surface area contributed by atoms with E-state index in [1.54, 1.807) is 13.0 Å². The highest BCUT2D eigenvalue weighted by Gasteiger charge is 1.89. The van der Waals surface area contributed by atoms with Gasteiger partial charge in [-0.3, -0.25) is 0 Å². The quantitative estimate of drug-likeness (QED) is 0.353. The second kappa shape index (κ2) is 5.71. The first-order valence-corrected chi connectivity index (χ1v) is 3.65. The molecule has 0 rings (SSSR count). The molecule has 0 aliphatic heterocycles. The molecule has 0 aromatic rings. The van der Waals surface area contributed by atoms with Crippen molar-refractivity contribution < 1.29 is 9.53 Å². The standard InChI is InChI=1S/C9H14O2/c1-4-11-9(10)7-5-6-8(2)3/h5-7H,4H2,1-3H3. The third-order valence-corrected chi connectivity index (χ3v) is 0.948. The molecule has 0 saturated carbocycles. The van der Waals surface area contributed by atoms with Crippen LogP contribution in [0, 0.1) is 0 Å². The first-order valence-electron chi connectivity index (χ1n) is 3.65. The Labute approximate surface area is 67.6 Å². The maximum Gasteiger partial charge on any atom is 0.330 e. The van der Waals surface area contributed by atoms with Gasteiger partial charge in [-0.05, 0) is 20.8 Å². The summed E-state index contributed by atoms with van der Waals surface area (Å²) in [5.74, 6) is -0.287. The number of carbonyl (C=O) groups is 1. The number of esters is 1. The monoisotopic (exact) mass is 154 g/mol. The van der Waals surface area contributed by atoms with Gasteiger partial charge in [0.05, 0.1) is 6.61 Å². The van der Waals surface area contributed by atoms with Crippen LogP contribution in [0.1, 0.15) is 20.8 Å². The summed E-state index contributed by atoms with van der Waals surface area (Å²) in [4.78, 5) is 10.7. The number of hydrogen-bond acceptors (Lipinski definition) is 2. The van der Waals surface area contributed by atoms with Gasteiger partial charge in [-0.15, -0.1) is 0 Å². The third kappa shape index (κ3) is 6.84. The SMILES string of the molecule is CCOC(=O)C=CC=C(C)C. The lowest BCUT2D eigenvalue weighted by atomic mass is 10.3. The van der Waals surface area contributed by atoms with Crippen molar-refractivity contribution in [2.75, 3.05) is 6.61 Å². The Balaban J connectivity index is 3.74. The van der Waals surface area contributed by atoms with E-state index >= 15 is 0 Å². The molecule has 2 nitrogen and oxygen atoms in total. The molecule has 62 valence electrons. The summed E-state index contributed by atoms with van der Waals surface area (Å²) >= 11 is 0. The second-order valence-electron chi connectivity index (χ2n) is 2.36. The molecule has 0 amide bonds. The van der Waals surface area contributed by atoms with Crippen molar-refractivity contribution >= 4 is 5.97 Å². The van der Waals surface area contributed by atoms with Gasteiger partial charge < -0.3 is 4.74 Å². The van der Waals surface area contributed by atoms with Crippen LogP contribution in [-0.2, 0) is 9.53 Å². The third-order valence-electron chi connectivity index (χ3n) is 0.948. The van der Waals surface area contributed by atoms with Crippen LogP contribution in [-0.4, -0.2) is 12.6 Å². The fraction of sp³-hybridized carbons (Fsp3) is 0.444. The smallest absolute Gasteiger partial charge is 0.330 e. The molecule has 0 aromatic heterocycles. The van der Waals surface area contributed by atoms with Gasteiger partial charge in [-0.2, -0.15) is 0 Å². The maximum absolute atomic E-state index is 10.7. The van der Waals surface area contributed by atoms with Crippen LogP contribution in [0.5, 0.6) is 0 Å². The van der Waals surface area contributed by atoms with Gasteiger partial charge in [-0.25, -0.2) is 4.79 Å². The molecule has 0 aliphatic carbocycles. The molecule has 0 aliphatic rings. The number of carbonyl (C=O) groups excluding carboxylic acids is 1. The van der Waals surface area contributed by atoms with E-state index in [4.69, 9.17) is 0 Å². The van der Waals surface area contributed by atoms with Crippen molar-refractivity contribution in [3.8, 4) is 0 Å². The van der Waals surface area contributed by atoms with Gasteiger partial charge in [0.25, 0.3) is 0 Å². The van der Waals surface area contributed by atoms with Crippen LogP contribution >= 0.6 is 0 Å². The van der Waals surface area contributed by atoms with E-state index in [0.29, 0.717) is 6.61 Å². The van der Waals surface area contributed by atoms with Crippen LogP contribution in [0.15, 0.2) is 23.8 Å². The highest BCUT2D eigenvalue weighted by Crippen LogP contribution is 1.89. The predicted molar refractivity (Wildman–Crippen MR) is 45.2 cm³/mol. The van der Waals surface area contributed by atoms with E-state index in [1.165, 1.54) is 6.08 Å². The minimum Gasteiger partial charge on any atom is -0.463 e. The van der Waals surface area contributed by atoms with Crippen LogP contribution in [0.3, 0.4) is 0 Å². The number of ether oxygens (including phenoxy) is 1. The van der Waals surface area contributed by atoms with Gasteiger partial charge in [0.15, 0.2) is 0 Å². The summed E-state index contributed by atoms with van der Waals surface area (Å²) in [6.07, 6.45) is 4.96. The number of rotatable bonds is 3. The first kappa shape index (κ1) is 9.95. The van der Waals surface area contributed by atoms with E-state index in [2.05, 4.69) is 4.74 Å². The van der Waals surface area contributed by atoms with Crippen molar-refractivity contribution in [3.05, 3.63) is 23.8 Å². The van der Waals surface area contributed by atoms with Gasteiger partial charge in [-0.1, -0.05) is 17.7 Å². The lowest BCUT2D eigenvalue weighted by molar-refractivity contribution is -0.137. The van der Waals surface area contributed by atoms with Crippen LogP contribution in [0.4, 0.5) is 0 Å².